The number of nitrogens with two attached hydrogens (primary N) is 1. The maximum atomic E-state index is 13.1. The molecule has 36 heavy (non-hydrogen) atoms. The highest BCUT2D eigenvalue weighted by Crippen LogP contribution is 2.42. The van der Waals surface area contributed by atoms with E-state index < -0.39 is 47.3 Å². The molecule has 0 aromatic heterocycles. The van der Waals surface area contributed by atoms with E-state index in [9.17, 15) is 24.0 Å². The van der Waals surface area contributed by atoms with Crippen LogP contribution in [0.4, 0.5) is 4.79 Å². The Bertz CT molecular complexity index is 1030. The number of alkyl carbamates (subject to hydrolysis) is 1. The number of nitrogens with one attached hydrogen (secondary N) is 3. The lowest BCUT2D eigenvalue weighted by Crippen LogP contribution is -2.54. The van der Waals surface area contributed by atoms with Crippen LogP contribution in [0.25, 0.3) is 0 Å². The zero-order valence-electron chi connectivity index (χ0n) is 20.5. The molecule has 1 aliphatic carbocycles. The lowest BCUT2D eigenvalue weighted by molar-refractivity contribution is -0.139. The largest absolute Gasteiger partial charge is 0.443 e. The number of ketones is 1. The fourth-order valence-corrected chi connectivity index (χ4v) is 4.59. The van der Waals surface area contributed by atoms with Crippen LogP contribution in [0.5, 0.6) is 0 Å². The second-order valence-corrected chi connectivity index (χ2v) is 10.4. The smallest absolute Gasteiger partial charge is 0.408 e. The van der Waals surface area contributed by atoms with E-state index in [1.807, 2.05) is 32.0 Å². The van der Waals surface area contributed by atoms with E-state index in [1.54, 1.807) is 6.07 Å². The Morgan fingerprint density at radius 3 is 2.47 bits per heavy atom. The number of benzene rings is 1. The van der Waals surface area contributed by atoms with Gasteiger partial charge >= 0.3 is 6.09 Å². The molecule has 0 unspecified atom stereocenters. The Balaban J connectivity index is 1.65. The maximum absolute atomic E-state index is 13.1. The highest BCUT2D eigenvalue weighted by molar-refractivity contribution is 6.38. The highest BCUT2D eigenvalue weighted by atomic mass is 35.5. The van der Waals surface area contributed by atoms with Crippen LogP contribution in [0.3, 0.4) is 0 Å². The van der Waals surface area contributed by atoms with Gasteiger partial charge in [-0.3, -0.25) is 19.2 Å². The number of hydrogen-bond donors (Lipinski definition) is 4. The van der Waals surface area contributed by atoms with Crippen LogP contribution < -0.4 is 21.7 Å². The van der Waals surface area contributed by atoms with Gasteiger partial charge in [0.2, 0.25) is 17.6 Å². The van der Waals surface area contributed by atoms with Crippen molar-refractivity contribution in [3.05, 3.63) is 34.9 Å². The Kier molecular flexibility index (Phi) is 8.94. The number of halogens is 1. The first-order chi connectivity index (χ1) is 17.0. The van der Waals surface area contributed by atoms with Crippen molar-refractivity contribution in [1.29, 1.82) is 0 Å². The molecule has 4 amide bonds. The van der Waals surface area contributed by atoms with Crippen molar-refractivity contribution in [2.45, 2.75) is 70.1 Å². The zero-order valence-corrected chi connectivity index (χ0v) is 21.2. The number of rotatable bonds is 12. The number of amides is 4. The second-order valence-electron chi connectivity index (χ2n) is 10.0. The Labute approximate surface area is 215 Å². The van der Waals surface area contributed by atoms with Gasteiger partial charge in [0.15, 0.2) is 0 Å². The van der Waals surface area contributed by atoms with Crippen molar-refractivity contribution < 1.29 is 28.7 Å². The summed E-state index contributed by atoms with van der Waals surface area (Å²) in [7, 11) is 0. The van der Waals surface area contributed by atoms with Gasteiger partial charge < -0.3 is 26.4 Å². The quantitative estimate of drug-likeness (QED) is 0.307. The van der Waals surface area contributed by atoms with E-state index in [2.05, 4.69) is 16.0 Å². The zero-order chi connectivity index (χ0) is 26.5. The van der Waals surface area contributed by atoms with Crippen LogP contribution in [-0.4, -0.2) is 53.8 Å². The predicted octanol–water partition coefficient (Wildman–Crippen LogP) is 1.62. The minimum Gasteiger partial charge on any atom is -0.443 e. The third-order valence-corrected chi connectivity index (χ3v) is 6.64. The van der Waals surface area contributed by atoms with Crippen molar-refractivity contribution >= 4 is 41.2 Å². The van der Waals surface area contributed by atoms with Gasteiger partial charge in [0.25, 0.3) is 5.91 Å². The molecular weight excluding hydrogens is 488 g/mol. The number of ether oxygens (including phenoxy) is 1. The molecule has 2 fully saturated rings. The molecule has 1 aromatic carbocycles. The molecule has 3 rings (SSSR count). The minimum absolute atomic E-state index is 0.0216. The molecule has 0 spiro atoms. The van der Waals surface area contributed by atoms with Crippen molar-refractivity contribution in [2.75, 3.05) is 6.54 Å². The number of carbonyl (C=O) groups is 5. The van der Waals surface area contributed by atoms with Crippen molar-refractivity contribution in [2.24, 2.45) is 17.6 Å². The van der Waals surface area contributed by atoms with E-state index >= 15 is 0 Å². The van der Waals surface area contributed by atoms with Gasteiger partial charge in [0.1, 0.15) is 11.6 Å². The standard InChI is InChI=1S/C25H33ClN4O6/c1-14(2)10-19(23(34)29-18(20(31)21(27)32)12-16-6-9-28-22(16)33)30-24(35)36-25(7-8-25)13-15-4-3-5-17(26)11-15/h3-5,11,14,16,18-19H,6-10,12-13H2,1-2H3,(H2,27,32)(H,28,33)(H,29,34)(H,30,35)/t16-,18-,19-/m0/s1. The number of hydrogen-bond acceptors (Lipinski definition) is 6. The fourth-order valence-electron chi connectivity index (χ4n) is 4.37. The Morgan fingerprint density at radius 1 is 1.19 bits per heavy atom. The van der Waals surface area contributed by atoms with Gasteiger partial charge in [-0.1, -0.05) is 37.6 Å². The van der Waals surface area contributed by atoms with Crippen LogP contribution in [0.2, 0.25) is 5.02 Å². The van der Waals surface area contributed by atoms with E-state index in [0.717, 1.165) is 5.56 Å². The summed E-state index contributed by atoms with van der Waals surface area (Å²) in [4.78, 5) is 61.8. The molecule has 11 heteroatoms. The first-order valence-electron chi connectivity index (χ1n) is 12.1. The molecule has 5 N–H and O–H groups in total. The molecule has 2 aliphatic rings. The molecule has 1 saturated carbocycles. The van der Waals surface area contributed by atoms with E-state index in [0.29, 0.717) is 37.3 Å². The summed E-state index contributed by atoms with van der Waals surface area (Å²) in [5.74, 6) is -3.61. The van der Waals surface area contributed by atoms with Gasteiger partial charge in [-0.2, -0.15) is 0 Å². The van der Waals surface area contributed by atoms with Crippen molar-refractivity contribution in [1.82, 2.24) is 16.0 Å². The number of Topliss-reactive ketones (excluding diaryl/α,β-unsaturated/α-hetero) is 1. The monoisotopic (exact) mass is 520 g/mol. The van der Waals surface area contributed by atoms with Gasteiger partial charge in [-0.25, -0.2) is 4.79 Å². The summed E-state index contributed by atoms with van der Waals surface area (Å²) in [6.45, 7) is 4.21. The SMILES string of the molecule is CC(C)C[C@H](NC(=O)OC1(Cc2cccc(Cl)c2)CC1)C(=O)N[C@@H](C[C@@H]1CCNC1=O)C(=O)C(N)=O. The van der Waals surface area contributed by atoms with Crippen LogP contribution >= 0.6 is 11.6 Å². The summed E-state index contributed by atoms with van der Waals surface area (Å²) in [6, 6.07) is 5.04. The van der Waals surface area contributed by atoms with Gasteiger partial charge in [0, 0.05) is 23.9 Å². The predicted molar refractivity (Wildman–Crippen MR) is 132 cm³/mol. The van der Waals surface area contributed by atoms with Gasteiger partial charge in [0.05, 0.1) is 6.04 Å². The lowest BCUT2D eigenvalue weighted by Gasteiger charge is -2.25. The Morgan fingerprint density at radius 2 is 1.92 bits per heavy atom. The summed E-state index contributed by atoms with van der Waals surface area (Å²) >= 11 is 6.06. The van der Waals surface area contributed by atoms with Crippen molar-refractivity contribution in [3.8, 4) is 0 Å². The van der Waals surface area contributed by atoms with E-state index in [1.165, 1.54) is 0 Å². The van der Waals surface area contributed by atoms with E-state index in [-0.39, 0.29) is 24.7 Å². The first-order valence-corrected chi connectivity index (χ1v) is 12.5. The van der Waals surface area contributed by atoms with Crippen molar-refractivity contribution in [3.63, 3.8) is 0 Å². The molecule has 3 atom stereocenters. The van der Waals surface area contributed by atoms with Crippen LogP contribution in [-0.2, 0) is 30.3 Å². The molecule has 0 radical (unpaired) electrons. The number of primary amides is 1. The molecule has 1 aliphatic heterocycles. The second kappa shape index (κ2) is 11.7. The average molecular weight is 521 g/mol. The third kappa shape index (κ3) is 7.68. The normalized spacial score (nSPS) is 19.7. The summed E-state index contributed by atoms with van der Waals surface area (Å²) in [5, 5.41) is 8.39. The molecule has 0 bridgehead atoms. The Hall–Kier alpha value is -3.14. The van der Waals surface area contributed by atoms with Crippen LogP contribution in [0, 0.1) is 11.8 Å². The summed E-state index contributed by atoms with van der Waals surface area (Å²) < 4.78 is 5.70. The molecule has 10 nitrogen and oxygen atoms in total. The van der Waals surface area contributed by atoms with Gasteiger partial charge in [-0.05, 0) is 55.7 Å². The molecular formula is C25H33ClN4O6. The summed E-state index contributed by atoms with van der Waals surface area (Å²) in [6.07, 6.45) is 1.82. The first kappa shape index (κ1) is 27.4. The summed E-state index contributed by atoms with van der Waals surface area (Å²) in [5.41, 5.74) is 5.45. The highest BCUT2D eigenvalue weighted by Gasteiger charge is 2.47. The molecule has 196 valence electrons. The molecule has 1 heterocycles. The van der Waals surface area contributed by atoms with Crippen LogP contribution in [0.1, 0.15) is 51.5 Å². The molecule has 1 aromatic rings. The molecule has 1 saturated heterocycles. The topological polar surface area (TPSA) is 157 Å². The lowest BCUT2D eigenvalue weighted by atomic mass is 9.94. The fraction of sp³-hybridized carbons (Fsp3) is 0.560. The maximum Gasteiger partial charge on any atom is 0.408 e. The third-order valence-electron chi connectivity index (χ3n) is 6.41. The average Bonchev–Trinajstić information content (AvgIpc) is 3.41. The van der Waals surface area contributed by atoms with Gasteiger partial charge in [-0.15, -0.1) is 0 Å². The number of carbonyl (C=O) groups excluding carboxylic acids is 5. The van der Waals surface area contributed by atoms with Crippen LogP contribution in [0.15, 0.2) is 24.3 Å². The van der Waals surface area contributed by atoms with E-state index in [4.69, 9.17) is 22.1 Å². The minimum atomic E-state index is -1.27.